The Kier molecular flexibility index (Phi) is 1.48. The zero-order chi connectivity index (χ0) is 6.85. The van der Waals surface area contributed by atoms with Crippen molar-refractivity contribution < 1.29 is 0 Å². The molecule has 9 heavy (non-hydrogen) atoms. The van der Waals surface area contributed by atoms with Crippen LogP contribution in [0.2, 0.25) is 0 Å². The predicted octanol–water partition coefficient (Wildman–Crippen LogP) is -0.910. The molecule has 1 rings (SSSR count). The van der Waals surface area contributed by atoms with Crippen LogP contribution in [0.15, 0.2) is 15.8 Å². The van der Waals surface area contributed by atoms with Crippen molar-refractivity contribution in [2.45, 2.75) is 0 Å². The second-order valence-electron chi connectivity index (χ2n) is 1.30. The minimum Gasteiger partial charge on any atom is -0.271 e. The molecule has 5 nitrogen and oxygen atoms in total. The Morgan fingerprint density at radius 2 is 2.33 bits per heavy atom. The number of hydrogen-bond donors (Lipinski definition) is 1. The van der Waals surface area contributed by atoms with Crippen molar-refractivity contribution in [3.8, 4) is 0 Å². The summed E-state index contributed by atoms with van der Waals surface area (Å²) in [6.45, 7) is 0. The summed E-state index contributed by atoms with van der Waals surface area (Å²) in [6.07, 6.45) is 0.996. The number of rotatable bonds is 0. The van der Waals surface area contributed by atoms with Gasteiger partial charge in [-0.05, 0) is 0 Å². The van der Waals surface area contributed by atoms with E-state index in [1.54, 1.807) is 0 Å². The minimum atomic E-state index is -0.581. The summed E-state index contributed by atoms with van der Waals surface area (Å²) in [7, 11) is 0. The largest absolute Gasteiger partial charge is 0.355 e. The second-order valence-corrected chi connectivity index (χ2v) is 1.97. The van der Waals surface area contributed by atoms with E-state index in [0.29, 0.717) is 0 Å². The lowest BCUT2D eigenvalue weighted by atomic mass is 10.9. The maximum atomic E-state index is 10.4. The van der Waals surface area contributed by atoms with Crippen LogP contribution in [0.3, 0.4) is 0 Å². The molecule has 0 atom stereocenters. The first-order valence-corrected chi connectivity index (χ1v) is 2.76. The fourth-order valence-electron chi connectivity index (χ4n) is 0.339. The summed E-state index contributed by atoms with van der Waals surface area (Å²) < 4.78 is 0.856. The second kappa shape index (κ2) is 2.14. The normalized spacial score (nSPS) is 9.44. The highest BCUT2D eigenvalue weighted by Crippen LogP contribution is 1.71. The van der Waals surface area contributed by atoms with Crippen LogP contribution < -0.4 is 11.2 Å². The van der Waals surface area contributed by atoms with Crippen molar-refractivity contribution in [1.82, 2.24) is 13.8 Å². The third-order valence-corrected chi connectivity index (χ3v) is 1.18. The molecule has 1 aromatic rings. The standard InChI is InChI=1S/C3H2BrN3O2/c4-7-3(9)6-2(8)1-5-7/h1H,(H,6,8,9). The Hall–Kier alpha value is -0.910. The molecule has 0 fully saturated rings. The van der Waals surface area contributed by atoms with Crippen molar-refractivity contribution in [3.63, 3.8) is 0 Å². The van der Waals surface area contributed by atoms with Crippen LogP contribution in [-0.4, -0.2) is 13.8 Å². The van der Waals surface area contributed by atoms with Crippen molar-refractivity contribution in [1.29, 1.82) is 0 Å². The quantitative estimate of drug-likeness (QED) is 0.578. The van der Waals surface area contributed by atoms with Crippen LogP contribution in [0.4, 0.5) is 0 Å². The molecule has 0 saturated carbocycles. The lowest BCUT2D eigenvalue weighted by molar-refractivity contribution is 0.850. The van der Waals surface area contributed by atoms with Gasteiger partial charge in [-0.25, -0.2) is 4.79 Å². The highest BCUT2D eigenvalue weighted by molar-refractivity contribution is 9.08. The van der Waals surface area contributed by atoms with Crippen molar-refractivity contribution >= 4 is 16.1 Å². The summed E-state index contributed by atoms with van der Waals surface area (Å²) in [4.78, 5) is 22.7. The number of aromatic amines is 1. The molecule has 0 aliphatic carbocycles. The molecule has 0 amide bonds. The van der Waals surface area contributed by atoms with Gasteiger partial charge >= 0.3 is 5.69 Å². The molecule has 0 unspecified atom stereocenters. The molecule has 0 radical (unpaired) electrons. The van der Waals surface area contributed by atoms with Gasteiger partial charge in [0, 0.05) is 0 Å². The molecular formula is C3H2BrN3O2. The van der Waals surface area contributed by atoms with Gasteiger partial charge in [-0.1, -0.05) is 0 Å². The fourth-order valence-corrected chi connectivity index (χ4v) is 0.520. The molecule has 0 saturated heterocycles. The SMILES string of the molecule is O=c1cnn(Br)c(=O)[nH]1. The van der Waals surface area contributed by atoms with E-state index in [4.69, 9.17) is 0 Å². The van der Waals surface area contributed by atoms with E-state index in [2.05, 4.69) is 21.2 Å². The summed E-state index contributed by atoms with van der Waals surface area (Å²) >= 11 is 2.75. The summed E-state index contributed by atoms with van der Waals surface area (Å²) in [6, 6.07) is 0. The van der Waals surface area contributed by atoms with Gasteiger partial charge in [-0.3, -0.25) is 9.78 Å². The van der Waals surface area contributed by atoms with Gasteiger partial charge in [0.05, 0.1) is 16.1 Å². The Morgan fingerprint density at radius 1 is 1.67 bits per heavy atom. The fraction of sp³-hybridized carbons (Fsp3) is 0. The van der Waals surface area contributed by atoms with Gasteiger partial charge in [0.15, 0.2) is 0 Å². The number of halogens is 1. The molecule has 0 aliphatic heterocycles. The molecule has 0 bridgehead atoms. The van der Waals surface area contributed by atoms with Crippen molar-refractivity contribution in [2.75, 3.05) is 0 Å². The van der Waals surface area contributed by atoms with E-state index in [9.17, 15) is 9.59 Å². The molecule has 0 aliphatic rings. The monoisotopic (exact) mass is 191 g/mol. The molecule has 0 spiro atoms. The molecule has 1 heterocycles. The first kappa shape index (κ1) is 6.21. The highest BCUT2D eigenvalue weighted by atomic mass is 79.9. The first-order chi connectivity index (χ1) is 4.20. The number of nitrogens with one attached hydrogen (secondary N) is 1. The number of hydrogen-bond acceptors (Lipinski definition) is 3. The molecule has 6 heteroatoms. The first-order valence-electron chi connectivity index (χ1n) is 2.05. The lowest BCUT2D eigenvalue weighted by Crippen LogP contribution is -2.26. The zero-order valence-corrected chi connectivity index (χ0v) is 5.75. The van der Waals surface area contributed by atoms with Crippen molar-refractivity contribution in [2.24, 2.45) is 0 Å². The van der Waals surface area contributed by atoms with Gasteiger partial charge in [0.2, 0.25) is 0 Å². The average molecular weight is 192 g/mol. The molecule has 1 N–H and O–H groups in total. The molecular weight excluding hydrogens is 190 g/mol. The maximum Gasteiger partial charge on any atom is 0.355 e. The van der Waals surface area contributed by atoms with Crippen LogP contribution in [0, 0.1) is 0 Å². The van der Waals surface area contributed by atoms with Crippen LogP contribution in [0.5, 0.6) is 0 Å². The smallest absolute Gasteiger partial charge is 0.271 e. The van der Waals surface area contributed by atoms with Gasteiger partial charge < -0.3 is 0 Å². The minimum absolute atomic E-state index is 0.504. The Morgan fingerprint density at radius 3 is 2.78 bits per heavy atom. The lowest BCUT2D eigenvalue weighted by Gasteiger charge is -1.85. The predicted molar refractivity (Wildman–Crippen MR) is 33.4 cm³/mol. The van der Waals surface area contributed by atoms with E-state index in [-0.39, 0.29) is 0 Å². The Labute approximate surface area is 57.7 Å². The molecule has 0 aromatic carbocycles. The zero-order valence-electron chi connectivity index (χ0n) is 4.17. The van der Waals surface area contributed by atoms with Crippen molar-refractivity contribution in [3.05, 3.63) is 27.0 Å². The molecule has 1 aromatic heterocycles. The van der Waals surface area contributed by atoms with Crippen LogP contribution in [-0.2, 0) is 0 Å². The van der Waals surface area contributed by atoms with Gasteiger partial charge in [-0.2, -0.15) is 5.10 Å². The van der Waals surface area contributed by atoms with Crippen LogP contribution >= 0.6 is 16.1 Å². The average Bonchev–Trinajstić information content (AvgIpc) is 1.80. The number of nitrogens with zero attached hydrogens (tertiary/aromatic N) is 2. The third kappa shape index (κ3) is 1.26. The number of aromatic nitrogens is 3. The summed E-state index contributed by atoms with van der Waals surface area (Å²) in [5.74, 6) is 0. The van der Waals surface area contributed by atoms with E-state index in [0.717, 1.165) is 9.90 Å². The topological polar surface area (TPSA) is 67.8 Å². The van der Waals surface area contributed by atoms with E-state index >= 15 is 0 Å². The third-order valence-electron chi connectivity index (χ3n) is 0.674. The number of H-pyrrole nitrogens is 1. The van der Waals surface area contributed by atoms with Gasteiger partial charge in [0.25, 0.3) is 5.56 Å². The molecule has 48 valence electrons. The summed E-state index contributed by atoms with van der Waals surface area (Å²) in [5, 5.41) is 3.36. The van der Waals surface area contributed by atoms with Gasteiger partial charge in [-0.15, -0.1) is 3.71 Å². The van der Waals surface area contributed by atoms with E-state index < -0.39 is 11.2 Å². The maximum absolute atomic E-state index is 10.4. The summed E-state index contributed by atoms with van der Waals surface area (Å²) in [5.41, 5.74) is -1.08. The highest BCUT2D eigenvalue weighted by Gasteiger charge is 1.89. The Bertz CT molecular complexity index is 313. The van der Waals surface area contributed by atoms with E-state index in [1.165, 1.54) is 0 Å². The Balaban J connectivity index is 3.52. The van der Waals surface area contributed by atoms with Gasteiger partial charge in [0.1, 0.15) is 6.20 Å². The van der Waals surface area contributed by atoms with E-state index in [1.807, 2.05) is 4.98 Å². The van der Waals surface area contributed by atoms with Crippen LogP contribution in [0.25, 0.3) is 0 Å². The van der Waals surface area contributed by atoms with Crippen LogP contribution in [0.1, 0.15) is 0 Å².